The molecule has 1 amide bonds. The van der Waals surface area contributed by atoms with Crippen LogP contribution in [0.15, 0.2) is 33.5 Å². The number of carbonyl (C=O) groups is 2. The van der Waals surface area contributed by atoms with Gasteiger partial charge in [0.25, 0.3) is 0 Å². The lowest BCUT2D eigenvalue weighted by molar-refractivity contribution is -0.312. The predicted molar refractivity (Wildman–Crippen MR) is 91.3 cm³/mol. The van der Waals surface area contributed by atoms with Crippen molar-refractivity contribution in [1.29, 1.82) is 0 Å². The summed E-state index contributed by atoms with van der Waals surface area (Å²) in [5.41, 5.74) is 0.196. The zero-order valence-electron chi connectivity index (χ0n) is 14.2. The topological polar surface area (TPSA) is 120 Å². The average Bonchev–Trinajstić information content (AvgIpc) is 2.59. The molecule has 1 saturated carbocycles. The molecular weight excluding hydrogens is 338 g/mol. The summed E-state index contributed by atoms with van der Waals surface area (Å²) in [7, 11) is 0. The molecule has 0 bridgehead atoms. The Morgan fingerprint density at radius 2 is 1.92 bits per heavy atom. The number of amides is 1. The summed E-state index contributed by atoms with van der Waals surface area (Å²) in [5, 5.41) is 23.8. The number of fused-ring (bicyclic) bond motifs is 1. The number of aliphatic carboxylic acids is 1. The highest BCUT2D eigenvalue weighted by Gasteiger charge is 2.22. The second-order valence-electron chi connectivity index (χ2n) is 6.79. The number of carboxylic acids is 1. The number of nitrogens with one attached hydrogen (secondary N) is 1. The van der Waals surface area contributed by atoms with Crippen molar-refractivity contribution in [2.45, 2.75) is 32.1 Å². The summed E-state index contributed by atoms with van der Waals surface area (Å²) >= 11 is 0. The van der Waals surface area contributed by atoms with Crippen LogP contribution in [0.5, 0.6) is 5.75 Å². The first-order valence-electron chi connectivity index (χ1n) is 8.65. The minimum absolute atomic E-state index is 0.0191. The monoisotopic (exact) mass is 358 g/mol. The van der Waals surface area contributed by atoms with E-state index in [2.05, 4.69) is 5.32 Å². The van der Waals surface area contributed by atoms with Gasteiger partial charge in [0.05, 0.1) is 6.42 Å². The van der Waals surface area contributed by atoms with Crippen molar-refractivity contribution in [2.75, 3.05) is 6.54 Å². The molecule has 1 aliphatic carbocycles. The molecule has 3 rings (SSSR count). The standard InChI is InChI=1S/C19H21NO6/c21-14-5-6-15-13(8-18(23)26-16(15)9-14)7-17(22)20-10-11-1-3-12(4-2-11)19(24)25/h5-6,8-9,11-12,21H,1-4,7,10H2,(H,20,22)(H,24,25)/p-1. The summed E-state index contributed by atoms with van der Waals surface area (Å²) in [4.78, 5) is 34.8. The Hall–Kier alpha value is -2.83. The number of rotatable bonds is 5. The molecule has 2 aromatic rings. The van der Waals surface area contributed by atoms with Gasteiger partial charge >= 0.3 is 5.63 Å². The number of phenols is 1. The maximum Gasteiger partial charge on any atom is 0.336 e. The molecule has 0 saturated heterocycles. The molecule has 0 spiro atoms. The molecule has 0 atom stereocenters. The minimum atomic E-state index is -0.992. The van der Waals surface area contributed by atoms with E-state index >= 15 is 0 Å². The van der Waals surface area contributed by atoms with E-state index < -0.39 is 11.6 Å². The van der Waals surface area contributed by atoms with Crippen LogP contribution >= 0.6 is 0 Å². The van der Waals surface area contributed by atoms with Crippen LogP contribution in [0, 0.1) is 11.8 Å². The molecule has 26 heavy (non-hydrogen) atoms. The van der Waals surface area contributed by atoms with Crippen molar-refractivity contribution in [3.8, 4) is 5.75 Å². The Labute approximate surface area is 149 Å². The van der Waals surface area contributed by atoms with Gasteiger partial charge in [0.1, 0.15) is 11.3 Å². The first-order chi connectivity index (χ1) is 12.4. The number of phenolic OH excluding ortho intramolecular Hbond substituents is 1. The molecule has 138 valence electrons. The third-order valence-electron chi connectivity index (χ3n) is 4.93. The van der Waals surface area contributed by atoms with Gasteiger partial charge in [-0.2, -0.15) is 0 Å². The third-order valence-corrected chi connectivity index (χ3v) is 4.93. The van der Waals surface area contributed by atoms with Gasteiger partial charge < -0.3 is 24.7 Å². The number of hydrogen-bond donors (Lipinski definition) is 2. The van der Waals surface area contributed by atoms with Gasteiger partial charge in [-0.15, -0.1) is 0 Å². The average molecular weight is 358 g/mol. The summed E-state index contributed by atoms with van der Waals surface area (Å²) in [5.74, 6) is -1.35. The highest BCUT2D eigenvalue weighted by atomic mass is 16.4. The first kappa shape index (κ1) is 18.0. The Morgan fingerprint density at radius 3 is 2.62 bits per heavy atom. The van der Waals surface area contributed by atoms with Gasteiger partial charge in [-0.05, 0) is 55.2 Å². The van der Waals surface area contributed by atoms with Gasteiger partial charge in [-0.25, -0.2) is 4.79 Å². The summed E-state index contributed by atoms with van der Waals surface area (Å²) in [6.07, 6.45) is 2.68. The molecule has 0 radical (unpaired) electrons. The Balaban J connectivity index is 1.60. The SMILES string of the molecule is O=C(Cc1cc(=O)oc2cc(O)ccc12)NCC1CCC(C(=O)[O-])CC1. The minimum Gasteiger partial charge on any atom is -0.550 e. The Morgan fingerprint density at radius 1 is 1.19 bits per heavy atom. The van der Waals surface area contributed by atoms with Crippen LogP contribution in [0.3, 0.4) is 0 Å². The molecule has 0 unspecified atom stereocenters. The largest absolute Gasteiger partial charge is 0.550 e. The lowest BCUT2D eigenvalue weighted by Gasteiger charge is -2.29. The van der Waals surface area contributed by atoms with Crippen molar-refractivity contribution >= 4 is 22.8 Å². The van der Waals surface area contributed by atoms with Crippen LogP contribution in [0.4, 0.5) is 0 Å². The number of carbonyl (C=O) groups excluding carboxylic acids is 2. The fourth-order valence-electron chi connectivity index (χ4n) is 3.46. The normalized spacial score (nSPS) is 20.0. The summed E-state index contributed by atoms with van der Waals surface area (Å²) < 4.78 is 5.05. The fourth-order valence-corrected chi connectivity index (χ4v) is 3.46. The molecule has 2 N–H and O–H groups in total. The smallest absolute Gasteiger partial charge is 0.336 e. The second-order valence-corrected chi connectivity index (χ2v) is 6.79. The van der Waals surface area contributed by atoms with E-state index in [1.165, 1.54) is 18.2 Å². The van der Waals surface area contributed by atoms with E-state index in [-0.39, 0.29) is 35.5 Å². The van der Waals surface area contributed by atoms with E-state index in [0.29, 0.717) is 30.3 Å². The van der Waals surface area contributed by atoms with E-state index in [1.54, 1.807) is 6.07 Å². The molecule has 7 nitrogen and oxygen atoms in total. The fraction of sp³-hybridized carbons (Fsp3) is 0.421. The van der Waals surface area contributed by atoms with Crippen molar-refractivity contribution < 1.29 is 24.2 Å². The van der Waals surface area contributed by atoms with E-state index in [4.69, 9.17) is 4.42 Å². The molecule has 1 aromatic carbocycles. The van der Waals surface area contributed by atoms with Crippen molar-refractivity contribution in [3.63, 3.8) is 0 Å². The number of benzene rings is 1. The molecule has 0 aliphatic heterocycles. The number of aromatic hydroxyl groups is 1. The molecular formula is C19H20NO6-. The lowest BCUT2D eigenvalue weighted by atomic mass is 9.82. The van der Waals surface area contributed by atoms with Crippen LogP contribution in [-0.4, -0.2) is 23.5 Å². The van der Waals surface area contributed by atoms with Gasteiger partial charge in [-0.3, -0.25) is 4.79 Å². The lowest BCUT2D eigenvalue weighted by Crippen LogP contribution is -2.37. The van der Waals surface area contributed by atoms with Crippen LogP contribution in [0.1, 0.15) is 31.2 Å². The maximum atomic E-state index is 12.3. The van der Waals surface area contributed by atoms with Crippen LogP contribution in [-0.2, 0) is 16.0 Å². The number of hydrogen-bond acceptors (Lipinski definition) is 6. The Bertz CT molecular complexity index is 879. The van der Waals surface area contributed by atoms with Gasteiger partial charge in [0.2, 0.25) is 5.91 Å². The summed E-state index contributed by atoms with van der Waals surface area (Å²) in [6, 6.07) is 5.70. The van der Waals surface area contributed by atoms with E-state index in [1.807, 2.05) is 0 Å². The van der Waals surface area contributed by atoms with Crippen molar-refractivity contribution in [3.05, 3.63) is 40.2 Å². The van der Waals surface area contributed by atoms with E-state index in [0.717, 1.165) is 12.8 Å². The first-order valence-corrected chi connectivity index (χ1v) is 8.65. The molecule has 1 heterocycles. The maximum absolute atomic E-state index is 12.3. The summed E-state index contributed by atoms with van der Waals surface area (Å²) in [6.45, 7) is 0.485. The zero-order chi connectivity index (χ0) is 18.7. The highest BCUT2D eigenvalue weighted by molar-refractivity contribution is 5.87. The molecule has 7 heteroatoms. The highest BCUT2D eigenvalue weighted by Crippen LogP contribution is 2.28. The van der Waals surface area contributed by atoms with Gasteiger partial charge in [0.15, 0.2) is 0 Å². The van der Waals surface area contributed by atoms with Crippen molar-refractivity contribution in [1.82, 2.24) is 5.32 Å². The number of carboxylic acid groups (broad SMARTS) is 1. The van der Waals surface area contributed by atoms with Crippen LogP contribution in [0.25, 0.3) is 11.0 Å². The van der Waals surface area contributed by atoms with Gasteiger partial charge in [-0.1, -0.05) is 0 Å². The zero-order valence-corrected chi connectivity index (χ0v) is 14.2. The van der Waals surface area contributed by atoms with Gasteiger partial charge in [0, 0.05) is 30.0 Å². The van der Waals surface area contributed by atoms with Crippen molar-refractivity contribution in [2.24, 2.45) is 11.8 Å². The van der Waals surface area contributed by atoms with Crippen LogP contribution in [0.2, 0.25) is 0 Å². The molecule has 1 aromatic heterocycles. The molecule has 1 aliphatic rings. The quantitative estimate of drug-likeness (QED) is 0.760. The molecule has 1 fully saturated rings. The van der Waals surface area contributed by atoms with E-state index in [9.17, 15) is 24.6 Å². The Kier molecular flexibility index (Phi) is 5.25. The van der Waals surface area contributed by atoms with Crippen LogP contribution < -0.4 is 16.0 Å². The third kappa shape index (κ3) is 4.22. The predicted octanol–water partition coefficient (Wildman–Crippen LogP) is 0.714. The second kappa shape index (κ2) is 7.59.